The fourth-order valence-corrected chi connectivity index (χ4v) is 3.33. The van der Waals surface area contributed by atoms with Crippen LogP contribution in [0.25, 0.3) is 20.7 Å². The molecule has 0 bridgehead atoms. The minimum Gasteiger partial charge on any atom is -0.392 e. The molecule has 2 heterocycles. The molecule has 0 aliphatic carbocycles. The lowest BCUT2D eigenvalue weighted by Crippen LogP contribution is -2.16. The second-order valence-electron chi connectivity index (χ2n) is 4.78. The van der Waals surface area contributed by atoms with Crippen molar-refractivity contribution in [1.29, 1.82) is 0 Å². The molecular weight excluding hydrogens is 350 g/mol. The van der Waals surface area contributed by atoms with Crippen LogP contribution in [0.15, 0.2) is 41.1 Å². The largest absolute Gasteiger partial charge is 0.392 e. The predicted octanol–water partition coefficient (Wildman–Crippen LogP) is 3.91. The van der Waals surface area contributed by atoms with Crippen LogP contribution in [-0.4, -0.2) is 27.7 Å². The van der Waals surface area contributed by atoms with Gasteiger partial charge in [-0.25, -0.2) is 9.97 Å². The van der Waals surface area contributed by atoms with E-state index >= 15 is 0 Å². The Morgan fingerprint density at radius 1 is 1.29 bits per heavy atom. The molecule has 1 atom stereocenters. The molecule has 2 N–H and O–H groups in total. The number of aliphatic hydroxyl groups is 1. The van der Waals surface area contributed by atoms with Crippen molar-refractivity contribution in [3.05, 3.63) is 41.1 Å². The van der Waals surface area contributed by atoms with Gasteiger partial charge in [-0.2, -0.15) is 0 Å². The smallest absolute Gasteiger partial charge is 0.147 e. The Labute approximate surface area is 135 Å². The maximum absolute atomic E-state index is 9.39. The average molecular weight is 364 g/mol. The van der Waals surface area contributed by atoms with Crippen LogP contribution in [0.1, 0.15) is 6.92 Å². The zero-order valence-corrected chi connectivity index (χ0v) is 13.8. The van der Waals surface area contributed by atoms with Gasteiger partial charge in [0.2, 0.25) is 0 Å². The van der Waals surface area contributed by atoms with E-state index in [1.54, 1.807) is 24.6 Å². The molecule has 0 unspecified atom stereocenters. The molecule has 3 aromatic rings. The standard InChI is InChI=1S/C15H14BrN3OS/c1-9(20)7-17-15-14-12(18-8-19-15)6-13(21-14)10-2-4-11(16)5-3-10/h2-6,8-9,20H,7H2,1H3,(H,17,18,19)/t9-/m0/s1. The van der Waals surface area contributed by atoms with Gasteiger partial charge in [0.1, 0.15) is 12.1 Å². The van der Waals surface area contributed by atoms with Gasteiger partial charge < -0.3 is 10.4 Å². The molecule has 2 aromatic heterocycles. The number of nitrogens with one attached hydrogen (secondary N) is 1. The Balaban J connectivity index is 1.99. The first-order chi connectivity index (χ1) is 10.1. The van der Waals surface area contributed by atoms with Crippen LogP contribution >= 0.6 is 27.3 Å². The van der Waals surface area contributed by atoms with Crippen LogP contribution in [-0.2, 0) is 0 Å². The first-order valence-electron chi connectivity index (χ1n) is 6.56. The van der Waals surface area contributed by atoms with E-state index in [2.05, 4.69) is 49.4 Å². The molecular formula is C15H14BrN3OS. The van der Waals surface area contributed by atoms with E-state index < -0.39 is 6.10 Å². The van der Waals surface area contributed by atoms with Crippen molar-refractivity contribution < 1.29 is 5.11 Å². The van der Waals surface area contributed by atoms with E-state index in [4.69, 9.17) is 0 Å². The minimum absolute atomic E-state index is 0.416. The van der Waals surface area contributed by atoms with E-state index in [1.807, 2.05) is 12.1 Å². The summed E-state index contributed by atoms with van der Waals surface area (Å²) < 4.78 is 2.07. The molecule has 1 aromatic carbocycles. The Bertz CT molecular complexity index is 755. The second kappa shape index (κ2) is 6.09. The molecule has 0 radical (unpaired) electrons. The van der Waals surface area contributed by atoms with Gasteiger partial charge in [0, 0.05) is 15.9 Å². The van der Waals surface area contributed by atoms with Crippen molar-refractivity contribution >= 4 is 43.3 Å². The zero-order valence-electron chi connectivity index (χ0n) is 11.4. The van der Waals surface area contributed by atoms with Crippen LogP contribution in [0.4, 0.5) is 5.82 Å². The maximum Gasteiger partial charge on any atom is 0.147 e. The maximum atomic E-state index is 9.39. The summed E-state index contributed by atoms with van der Waals surface area (Å²) in [4.78, 5) is 9.74. The third-order valence-corrected chi connectivity index (χ3v) is 4.71. The van der Waals surface area contributed by atoms with Gasteiger partial charge in [-0.05, 0) is 30.7 Å². The van der Waals surface area contributed by atoms with Crippen LogP contribution in [0.5, 0.6) is 0 Å². The lowest BCUT2D eigenvalue weighted by atomic mass is 10.2. The number of hydrogen-bond donors (Lipinski definition) is 2. The van der Waals surface area contributed by atoms with Crippen molar-refractivity contribution in [3.63, 3.8) is 0 Å². The molecule has 0 saturated heterocycles. The highest BCUT2D eigenvalue weighted by atomic mass is 79.9. The number of fused-ring (bicyclic) bond motifs is 1. The first-order valence-corrected chi connectivity index (χ1v) is 8.17. The summed E-state index contributed by atoms with van der Waals surface area (Å²) >= 11 is 5.10. The fraction of sp³-hybridized carbons (Fsp3) is 0.200. The van der Waals surface area contributed by atoms with Crippen LogP contribution in [0.2, 0.25) is 0 Å². The van der Waals surface area contributed by atoms with Crippen molar-refractivity contribution in [2.45, 2.75) is 13.0 Å². The van der Waals surface area contributed by atoms with Crippen molar-refractivity contribution in [3.8, 4) is 10.4 Å². The molecule has 0 fully saturated rings. The normalized spacial score (nSPS) is 12.5. The number of thiophene rings is 1. The van der Waals surface area contributed by atoms with E-state index in [1.165, 1.54) is 0 Å². The van der Waals surface area contributed by atoms with E-state index in [-0.39, 0.29) is 0 Å². The summed E-state index contributed by atoms with van der Waals surface area (Å²) in [6.07, 6.45) is 1.13. The van der Waals surface area contributed by atoms with Crippen LogP contribution in [0, 0.1) is 0 Å². The molecule has 0 spiro atoms. The number of aromatic nitrogens is 2. The average Bonchev–Trinajstić information content (AvgIpc) is 2.90. The molecule has 21 heavy (non-hydrogen) atoms. The van der Waals surface area contributed by atoms with Crippen molar-refractivity contribution in [2.24, 2.45) is 0 Å². The van der Waals surface area contributed by atoms with Gasteiger partial charge in [-0.15, -0.1) is 11.3 Å². The zero-order chi connectivity index (χ0) is 14.8. The van der Waals surface area contributed by atoms with Gasteiger partial charge in [-0.3, -0.25) is 0 Å². The van der Waals surface area contributed by atoms with E-state index in [9.17, 15) is 5.11 Å². The lowest BCUT2D eigenvalue weighted by molar-refractivity contribution is 0.208. The van der Waals surface area contributed by atoms with Crippen molar-refractivity contribution in [2.75, 3.05) is 11.9 Å². The van der Waals surface area contributed by atoms with Crippen LogP contribution in [0.3, 0.4) is 0 Å². The highest BCUT2D eigenvalue weighted by Crippen LogP contribution is 2.35. The quantitative estimate of drug-likeness (QED) is 0.737. The van der Waals surface area contributed by atoms with E-state index in [0.29, 0.717) is 6.54 Å². The summed E-state index contributed by atoms with van der Waals surface area (Å²) in [5, 5.41) is 12.6. The third kappa shape index (κ3) is 3.23. The van der Waals surface area contributed by atoms with E-state index in [0.717, 1.165) is 30.9 Å². The van der Waals surface area contributed by atoms with Gasteiger partial charge in [0.25, 0.3) is 0 Å². The van der Waals surface area contributed by atoms with Gasteiger partial charge in [0.15, 0.2) is 0 Å². The number of benzene rings is 1. The van der Waals surface area contributed by atoms with Crippen LogP contribution < -0.4 is 5.32 Å². The molecule has 6 heteroatoms. The summed E-state index contributed by atoms with van der Waals surface area (Å²) in [7, 11) is 0. The summed E-state index contributed by atoms with van der Waals surface area (Å²) in [5.74, 6) is 0.772. The number of rotatable bonds is 4. The molecule has 0 saturated carbocycles. The Morgan fingerprint density at radius 3 is 2.76 bits per heavy atom. The fourth-order valence-electron chi connectivity index (χ4n) is 1.98. The Kier molecular flexibility index (Phi) is 4.19. The highest BCUT2D eigenvalue weighted by Gasteiger charge is 2.10. The SMILES string of the molecule is C[C@H](O)CNc1ncnc2cc(-c3ccc(Br)cc3)sc12. The second-order valence-corrected chi connectivity index (χ2v) is 6.75. The lowest BCUT2D eigenvalue weighted by Gasteiger charge is -2.07. The third-order valence-electron chi connectivity index (χ3n) is 3.00. The number of hydrogen-bond acceptors (Lipinski definition) is 5. The summed E-state index contributed by atoms with van der Waals surface area (Å²) in [5.41, 5.74) is 2.07. The molecule has 0 aliphatic heterocycles. The molecule has 0 amide bonds. The molecule has 0 aliphatic rings. The number of halogens is 1. The summed E-state index contributed by atoms with van der Waals surface area (Å²) in [6, 6.07) is 10.3. The number of aliphatic hydroxyl groups excluding tert-OH is 1. The number of anilines is 1. The molecule has 3 rings (SSSR count). The van der Waals surface area contributed by atoms with Gasteiger partial charge in [0.05, 0.1) is 16.3 Å². The predicted molar refractivity (Wildman–Crippen MR) is 90.7 cm³/mol. The van der Waals surface area contributed by atoms with Crippen molar-refractivity contribution in [1.82, 2.24) is 9.97 Å². The number of nitrogens with zero attached hydrogens (tertiary/aromatic N) is 2. The van der Waals surface area contributed by atoms with Gasteiger partial charge in [-0.1, -0.05) is 28.1 Å². The summed E-state index contributed by atoms with van der Waals surface area (Å²) in [6.45, 7) is 2.21. The topological polar surface area (TPSA) is 58.0 Å². The highest BCUT2D eigenvalue weighted by molar-refractivity contribution is 9.10. The first kappa shape index (κ1) is 14.4. The van der Waals surface area contributed by atoms with Gasteiger partial charge >= 0.3 is 0 Å². The minimum atomic E-state index is -0.416. The Hall–Kier alpha value is -1.50. The molecule has 108 valence electrons. The molecule has 4 nitrogen and oxygen atoms in total. The monoisotopic (exact) mass is 363 g/mol. The Morgan fingerprint density at radius 2 is 2.05 bits per heavy atom.